The number of aryl methyl sites for hydroxylation is 1. The van der Waals surface area contributed by atoms with Gasteiger partial charge in [0.25, 0.3) is 5.91 Å². The van der Waals surface area contributed by atoms with Crippen molar-refractivity contribution in [2.45, 2.75) is 39.0 Å². The van der Waals surface area contributed by atoms with Crippen LogP contribution >= 0.6 is 0 Å². The predicted octanol–water partition coefficient (Wildman–Crippen LogP) is 4.72. The average molecular weight is 584 g/mol. The summed E-state index contributed by atoms with van der Waals surface area (Å²) < 4.78 is 57.7. The van der Waals surface area contributed by atoms with Gasteiger partial charge in [0.05, 0.1) is 18.4 Å². The van der Waals surface area contributed by atoms with Crippen molar-refractivity contribution in [3.05, 3.63) is 82.2 Å². The van der Waals surface area contributed by atoms with Gasteiger partial charge in [0.2, 0.25) is 11.8 Å². The molecule has 4 amide bonds. The molecule has 0 radical (unpaired) electrons. The second kappa shape index (κ2) is 11.4. The molecule has 218 valence electrons. The number of rotatable bonds is 7. The van der Waals surface area contributed by atoms with Gasteiger partial charge in [0, 0.05) is 30.7 Å². The number of halogens is 3. The molecule has 42 heavy (non-hydrogen) atoms. The second-order valence-electron chi connectivity index (χ2n) is 9.67. The van der Waals surface area contributed by atoms with Gasteiger partial charge in [-0.25, -0.2) is 18.0 Å². The first-order valence-electron chi connectivity index (χ1n) is 12.8. The number of carbonyl (C=O) groups is 4. The Morgan fingerprint density at radius 2 is 1.81 bits per heavy atom. The van der Waals surface area contributed by atoms with E-state index in [9.17, 15) is 32.3 Å². The SMILES string of the molecule is COc1c(COC(=O)Nc2ccc(Oc3cc(F)c(F)cc3C)cc2F)ccc2c1C(=O)N(C1CCC(=O)NC1=O)C2. The van der Waals surface area contributed by atoms with E-state index in [2.05, 4.69) is 10.6 Å². The van der Waals surface area contributed by atoms with Crippen molar-refractivity contribution in [3.63, 3.8) is 0 Å². The van der Waals surface area contributed by atoms with Gasteiger partial charge in [-0.05, 0) is 42.7 Å². The molecule has 13 heteroatoms. The zero-order valence-corrected chi connectivity index (χ0v) is 22.4. The van der Waals surface area contributed by atoms with Gasteiger partial charge in [-0.2, -0.15) is 0 Å². The van der Waals surface area contributed by atoms with Crippen LogP contribution in [-0.2, 0) is 27.5 Å². The second-order valence-corrected chi connectivity index (χ2v) is 9.67. The van der Waals surface area contributed by atoms with E-state index in [1.165, 1.54) is 31.1 Å². The Balaban J connectivity index is 1.23. The Labute approximate surface area is 237 Å². The highest BCUT2D eigenvalue weighted by Crippen LogP contribution is 2.36. The fourth-order valence-corrected chi connectivity index (χ4v) is 4.82. The minimum Gasteiger partial charge on any atom is -0.495 e. The van der Waals surface area contributed by atoms with Gasteiger partial charge in [0.15, 0.2) is 17.5 Å². The highest BCUT2D eigenvalue weighted by atomic mass is 19.2. The molecule has 1 fully saturated rings. The number of imide groups is 1. The Bertz CT molecular complexity index is 1630. The summed E-state index contributed by atoms with van der Waals surface area (Å²) in [5.41, 5.74) is 1.26. The van der Waals surface area contributed by atoms with Gasteiger partial charge in [0.1, 0.15) is 29.9 Å². The molecule has 5 rings (SSSR count). The zero-order chi connectivity index (χ0) is 30.1. The van der Waals surface area contributed by atoms with E-state index in [-0.39, 0.29) is 54.5 Å². The van der Waals surface area contributed by atoms with Crippen molar-refractivity contribution in [3.8, 4) is 17.2 Å². The minimum atomic E-state index is -1.12. The van der Waals surface area contributed by atoms with Crippen molar-refractivity contribution in [2.24, 2.45) is 0 Å². The molecule has 3 aromatic carbocycles. The molecule has 1 unspecified atom stereocenters. The molecule has 0 aromatic heterocycles. The number of fused-ring (bicyclic) bond motifs is 1. The van der Waals surface area contributed by atoms with Gasteiger partial charge >= 0.3 is 6.09 Å². The summed E-state index contributed by atoms with van der Waals surface area (Å²) in [7, 11) is 1.35. The third-order valence-corrected chi connectivity index (χ3v) is 6.91. The van der Waals surface area contributed by atoms with Crippen molar-refractivity contribution in [1.29, 1.82) is 0 Å². The molecule has 2 N–H and O–H groups in total. The molecule has 0 aliphatic carbocycles. The van der Waals surface area contributed by atoms with Gasteiger partial charge < -0.3 is 19.1 Å². The van der Waals surface area contributed by atoms with Gasteiger partial charge in [-0.1, -0.05) is 12.1 Å². The van der Waals surface area contributed by atoms with Crippen LogP contribution in [0.2, 0.25) is 0 Å². The van der Waals surface area contributed by atoms with Gasteiger partial charge in [-0.3, -0.25) is 25.0 Å². The number of benzene rings is 3. The zero-order valence-electron chi connectivity index (χ0n) is 22.4. The van der Waals surface area contributed by atoms with Crippen LogP contribution in [0, 0.1) is 24.4 Å². The molecule has 10 nitrogen and oxygen atoms in total. The minimum absolute atomic E-state index is 0.00424. The maximum atomic E-state index is 14.7. The van der Waals surface area contributed by atoms with Crippen LogP contribution < -0.4 is 20.1 Å². The lowest BCUT2D eigenvalue weighted by Crippen LogP contribution is -2.52. The monoisotopic (exact) mass is 583 g/mol. The number of hydrogen-bond acceptors (Lipinski definition) is 7. The van der Waals surface area contributed by atoms with Crippen molar-refractivity contribution >= 4 is 29.5 Å². The molecule has 0 bridgehead atoms. The highest BCUT2D eigenvalue weighted by Gasteiger charge is 2.41. The smallest absolute Gasteiger partial charge is 0.412 e. The van der Waals surface area contributed by atoms with E-state index in [1.54, 1.807) is 12.1 Å². The Morgan fingerprint density at radius 1 is 1.05 bits per heavy atom. The molecule has 0 spiro atoms. The lowest BCUT2D eigenvalue weighted by atomic mass is 10.0. The summed E-state index contributed by atoms with van der Waals surface area (Å²) in [6.07, 6.45) is -0.679. The lowest BCUT2D eigenvalue weighted by molar-refractivity contribution is -0.136. The van der Waals surface area contributed by atoms with Crippen LogP contribution in [0.4, 0.5) is 23.7 Å². The number of ether oxygens (including phenoxy) is 3. The average Bonchev–Trinajstić information content (AvgIpc) is 3.27. The topological polar surface area (TPSA) is 123 Å². The number of piperidine rings is 1. The van der Waals surface area contributed by atoms with Crippen LogP contribution in [0.15, 0.2) is 42.5 Å². The summed E-state index contributed by atoms with van der Waals surface area (Å²) in [5, 5.41) is 4.51. The maximum Gasteiger partial charge on any atom is 0.412 e. The first kappa shape index (κ1) is 28.5. The standard InChI is InChI=1S/C29H24F3N3O7/c1-14-9-18(30)19(31)11-23(14)42-17-5-6-21(20(32)10-17)33-29(39)41-13-16-4-3-15-12-35(28(38)25(15)26(16)40-2)22-7-8-24(36)34-27(22)37/h3-6,9-11,22H,7-8,12-13H2,1-2H3,(H,33,39)(H,34,36,37). The molecule has 1 atom stereocenters. The van der Waals surface area contributed by atoms with Crippen LogP contribution in [-0.4, -0.2) is 41.9 Å². The number of hydrogen-bond donors (Lipinski definition) is 2. The third-order valence-electron chi connectivity index (χ3n) is 6.91. The normalized spacial score (nSPS) is 16.2. The van der Waals surface area contributed by atoms with E-state index in [0.29, 0.717) is 16.7 Å². The third kappa shape index (κ3) is 5.57. The lowest BCUT2D eigenvalue weighted by Gasteiger charge is -2.29. The molecule has 2 aliphatic rings. The van der Waals surface area contributed by atoms with Crippen LogP contribution in [0.5, 0.6) is 17.2 Å². The fourth-order valence-electron chi connectivity index (χ4n) is 4.82. The summed E-state index contributed by atoms with van der Waals surface area (Å²) in [4.78, 5) is 50.9. The molecule has 2 aliphatic heterocycles. The molecule has 1 saturated heterocycles. The van der Waals surface area contributed by atoms with Crippen molar-refractivity contribution < 1.29 is 46.6 Å². The van der Waals surface area contributed by atoms with Crippen LogP contribution in [0.3, 0.4) is 0 Å². The fraction of sp³-hybridized carbons (Fsp3) is 0.241. The van der Waals surface area contributed by atoms with Crippen LogP contribution in [0.25, 0.3) is 0 Å². The Kier molecular flexibility index (Phi) is 7.74. The molecular weight excluding hydrogens is 559 g/mol. The first-order chi connectivity index (χ1) is 20.0. The molecular formula is C29H24F3N3O7. The summed E-state index contributed by atoms with van der Waals surface area (Å²) in [5.74, 6) is -4.27. The van der Waals surface area contributed by atoms with E-state index in [1.807, 2.05) is 0 Å². The van der Waals surface area contributed by atoms with E-state index in [0.717, 1.165) is 18.2 Å². The predicted molar refractivity (Wildman–Crippen MR) is 140 cm³/mol. The van der Waals surface area contributed by atoms with E-state index >= 15 is 0 Å². The quantitative estimate of drug-likeness (QED) is 0.386. The number of methoxy groups -OCH3 is 1. The molecule has 2 heterocycles. The van der Waals surface area contributed by atoms with Crippen LogP contribution in [0.1, 0.15) is 39.9 Å². The summed E-state index contributed by atoms with van der Waals surface area (Å²) in [6.45, 7) is 1.32. The Hall–Kier alpha value is -5.07. The number of nitrogens with zero attached hydrogens (tertiary/aromatic N) is 1. The van der Waals surface area contributed by atoms with E-state index in [4.69, 9.17) is 14.2 Å². The van der Waals surface area contributed by atoms with Gasteiger partial charge in [-0.15, -0.1) is 0 Å². The summed E-state index contributed by atoms with van der Waals surface area (Å²) >= 11 is 0. The number of nitrogens with one attached hydrogen (secondary N) is 2. The number of anilines is 1. The largest absolute Gasteiger partial charge is 0.495 e. The molecule has 0 saturated carbocycles. The van der Waals surface area contributed by atoms with E-state index < -0.39 is 47.3 Å². The number of carbonyl (C=O) groups excluding carboxylic acids is 4. The van der Waals surface area contributed by atoms with Crippen molar-refractivity contribution in [1.82, 2.24) is 10.2 Å². The number of amides is 4. The Morgan fingerprint density at radius 3 is 2.52 bits per heavy atom. The summed E-state index contributed by atoms with van der Waals surface area (Å²) in [6, 6.07) is 7.75. The van der Waals surface area contributed by atoms with Crippen molar-refractivity contribution in [2.75, 3.05) is 12.4 Å². The highest BCUT2D eigenvalue weighted by molar-refractivity contribution is 6.06. The first-order valence-corrected chi connectivity index (χ1v) is 12.8. The molecule has 3 aromatic rings. The maximum absolute atomic E-state index is 14.7.